The zero-order valence-electron chi connectivity index (χ0n) is 9.58. The van der Waals surface area contributed by atoms with Crippen molar-refractivity contribution in [3.05, 3.63) is 61.3 Å². The highest BCUT2D eigenvalue weighted by Gasteiger charge is 2.01. The quantitative estimate of drug-likeness (QED) is 0.757. The number of nitrogens with zero attached hydrogens (tertiary/aromatic N) is 2. The minimum absolute atomic E-state index is 0.763. The smallest absolute Gasteiger partial charge is 0.181 e. The standard InChI is InChI=1S/C14H11N3O/c1-2-8-16-14(3-1)17-12-6-4-11(5-7-12)13-9-15-10-18-13/h1-10H,(H,16,17). The van der Waals surface area contributed by atoms with Crippen molar-refractivity contribution in [1.29, 1.82) is 0 Å². The van der Waals surface area contributed by atoms with Gasteiger partial charge in [0, 0.05) is 17.4 Å². The van der Waals surface area contributed by atoms with Gasteiger partial charge in [0.1, 0.15) is 5.82 Å². The fourth-order valence-electron chi connectivity index (χ4n) is 1.66. The zero-order valence-corrected chi connectivity index (χ0v) is 9.58. The second-order valence-electron chi connectivity index (χ2n) is 3.78. The van der Waals surface area contributed by atoms with Crippen LogP contribution in [-0.4, -0.2) is 9.97 Å². The van der Waals surface area contributed by atoms with E-state index in [1.165, 1.54) is 6.39 Å². The first-order chi connectivity index (χ1) is 8.92. The van der Waals surface area contributed by atoms with Crippen LogP contribution < -0.4 is 5.32 Å². The van der Waals surface area contributed by atoms with Crippen LogP contribution in [0.4, 0.5) is 11.5 Å². The molecule has 0 amide bonds. The summed E-state index contributed by atoms with van der Waals surface area (Å²) in [5.41, 5.74) is 1.98. The Balaban J connectivity index is 1.80. The average molecular weight is 237 g/mol. The van der Waals surface area contributed by atoms with Gasteiger partial charge in [0.15, 0.2) is 12.2 Å². The first kappa shape index (κ1) is 10.5. The zero-order chi connectivity index (χ0) is 12.2. The van der Waals surface area contributed by atoms with Crippen molar-refractivity contribution < 1.29 is 4.42 Å². The van der Waals surface area contributed by atoms with E-state index in [0.29, 0.717) is 0 Å². The van der Waals surface area contributed by atoms with Crippen LogP contribution in [0.25, 0.3) is 11.3 Å². The minimum Gasteiger partial charge on any atom is -0.444 e. The lowest BCUT2D eigenvalue weighted by Crippen LogP contribution is -1.91. The lowest BCUT2D eigenvalue weighted by atomic mass is 10.2. The van der Waals surface area contributed by atoms with Gasteiger partial charge in [0.05, 0.1) is 6.20 Å². The van der Waals surface area contributed by atoms with Crippen molar-refractivity contribution in [3.8, 4) is 11.3 Å². The number of hydrogen-bond acceptors (Lipinski definition) is 4. The molecule has 0 unspecified atom stereocenters. The second kappa shape index (κ2) is 4.71. The van der Waals surface area contributed by atoms with Gasteiger partial charge in [0.2, 0.25) is 0 Å². The van der Waals surface area contributed by atoms with E-state index in [2.05, 4.69) is 15.3 Å². The highest BCUT2D eigenvalue weighted by atomic mass is 16.3. The van der Waals surface area contributed by atoms with E-state index in [0.717, 1.165) is 22.8 Å². The second-order valence-corrected chi connectivity index (χ2v) is 3.78. The summed E-state index contributed by atoms with van der Waals surface area (Å²) in [7, 11) is 0. The van der Waals surface area contributed by atoms with E-state index in [1.54, 1.807) is 12.4 Å². The Morgan fingerprint density at radius 1 is 1.00 bits per heavy atom. The summed E-state index contributed by atoms with van der Waals surface area (Å²) < 4.78 is 5.23. The molecule has 18 heavy (non-hydrogen) atoms. The summed E-state index contributed by atoms with van der Waals surface area (Å²) in [4.78, 5) is 8.10. The van der Waals surface area contributed by atoms with Gasteiger partial charge in [-0.25, -0.2) is 9.97 Å². The van der Waals surface area contributed by atoms with Gasteiger partial charge >= 0.3 is 0 Å². The van der Waals surface area contributed by atoms with E-state index in [-0.39, 0.29) is 0 Å². The number of anilines is 2. The summed E-state index contributed by atoms with van der Waals surface area (Å²) >= 11 is 0. The molecule has 2 aromatic heterocycles. The summed E-state index contributed by atoms with van der Waals surface area (Å²) in [6.07, 6.45) is 4.88. The molecular weight excluding hydrogens is 226 g/mol. The van der Waals surface area contributed by atoms with Gasteiger partial charge in [-0.2, -0.15) is 0 Å². The van der Waals surface area contributed by atoms with Crippen molar-refractivity contribution in [2.75, 3.05) is 5.32 Å². The Bertz CT molecular complexity index is 603. The molecule has 88 valence electrons. The van der Waals surface area contributed by atoms with Crippen LogP contribution in [-0.2, 0) is 0 Å². The molecule has 3 rings (SSSR count). The molecule has 1 aromatic carbocycles. The molecule has 0 aliphatic heterocycles. The molecule has 0 saturated heterocycles. The molecular formula is C14H11N3O. The molecule has 0 saturated carbocycles. The SMILES string of the molecule is c1ccc(Nc2ccc(-c3cnco3)cc2)nc1. The van der Waals surface area contributed by atoms with Gasteiger partial charge in [-0.05, 0) is 36.4 Å². The maximum atomic E-state index is 5.23. The Morgan fingerprint density at radius 3 is 2.56 bits per heavy atom. The number of pyridine rings is 1. The maximum Gasteiger partial charge on any atom is 0.181 e. The number of hydrogen-bond donors (Lipinski definition) is 1. The van der Waals surface area contributed by atoms with Crippen molar-refractivity contribution in [3.63, 3.8) is 0 Å². The summed E-state index contributed by atoms with van der Waals surface area (Å²) in [6.45, 7) is 0. The van der Waals surface area contributed by atoms with Crippen LogP contribution in [0.5, 0.6) is 0 Å². The predicted molar refractivity (Wildman–Crippen MR) is 69.5 cm³/mol. The predicted octanol–water partition coefficient (Wildman–Crippen LogP) is 3.48. The Kier molecular flexibility index (Phi) is 2.75. The number of aromatic nitrogens is 2. The number of benzene rings is 1. The summed E-state index contributed by atoms with van der Waals surface area (Å²) in [6, 6.07) is 13.7. The third-order valence-electron chi connectivity index (χ3n) is 2.54. The Labute approximate surface area is 104 Å². The molecule has 0 fully saturated rings. The topological polar surface area (TPSA) is 51.0 Å². The maximum absolute atomic E-state index is 5.23. The molecule has 0 radical (unpaired) electrons. The number of nitrogens with one attached hydrogen (secondary N) is 1. The highest BCUT2D eigenvalue weighted by Crippen LogP contribution is 2.22. The molecule has 0 atom stereocenters. The molecule has 3 aromatic rings. The van der Waals surface area contributed by atoms with Crippen LogP contribution in [0.2, 0.25) is 0 Å². The molecule has 0 spiro atoms. The van der Waals surface area contributed by atoms with Crippen LogP contribution in [0.15, 0.2) is 65.7 Å². The Morgan fingerprint density at radius 2 is 1.89 bits per heavy atom. The van der Waals surface area contributed by atoms with Crippen molar-refractivity contribution >= 4 is 11.5 Å². The molecule has 1 N–H and O–H groups in total. The summed E-state index contributed by atoms with van der Waals surface area (Å²) in [5, 5.41) is 3.22. The molecule has 0 aliphatic carbocycles. The lowest BCUT2D eigenvalue weighted by Gasteiger charge is -2.05. The average Bonchev–Trinajstić information content (AvgIpc) is 2.95. The van der Waals surface area contributed by atoms with Crippen molar-refractivity contribution in [1.82, 2.24) is 9.97 Å². The number of oxazole rings is 1. The first-order valence-corrected chi connectivity index (χ1v) is 5.59. The van der Waals surface area contributed by atoms with Crippen LogP contribution in [0.1, 0.15) is 0 Å². The molecule has 0 aliphatic rings. The third-order valence-corrected chi connectivity index (χ3v) is 2.54. The highest BCUT2D eigenvalue weighted by molar-refractivity contribution is 5.63. The minimum atomic E-state index is 0.763. The lowest BCUT2D eigenvalue weighted by molar-refractivity contribution is 0.572. The summed E-state index contributed by atoms with van der Waals surface area (Å²) in [5.74, 6) is 1.59. The third kappa shape index (κ3) is 2.22. The normalized spacial score (nSPS) is 10.2. The van der Waals surface area contributed by atoms with Gasteiger partial charge in [0.25, 0.3) is 0 Å². The molecule has 0 bridgehead atoms. The van der Waals surface area contributed by atoms with Gasteiger partial charge in [-0.3, -0.25) is 0 Å². The van der Waals surface area contributed by atoms with E-state index >= 15 is 0 Å². The van der Waals surface area contributed by atoms with Crippen LogP contribution in [0, 0.1) is 0 Å². The molecule has 4 nitrogen and oxygen atoms in total. The van der Waals surface area contributed by atoms with Gasteiger partial charge in [-0.15, -0.1) is 0 Å². The van der Waals surface area contributed by atoms with E-state index in [1.807, 2.05) is 42.5 Å². The molecule has 2 heterocycles. The molecule has 4 heteroatoms. The monoisotopic (exact) mass is 237 g/mol. The largest absolute Gasteiger partial charge is 0.444 e. The fraction of sp³-hybridized carbons (Fsp3) is 0. The van der Waals surface area contributed by atoms with Gasteiger partial charge < -0.3 is 9.73 Å². The van der Waals surface area contributed by atoms with E-state index in [4.69, 9.17) is 4.42 Å². The van der Waals surface area contributed by atoms with Gasteiger partial charge in [-0.1, -0.05) is 6.07 Å². The first-order valence-electron chi connectivity index (χ1n) is 5.59. The van der Waals surface area contributed by atoms with Crippen LogP contribution >= 0.6 is 0 Å². The van der Waals surface area contributed by atoms with E-state index in [9.17, 15) is 0 Å². The Hall–Kier alpha value is -2.62. The van der Waals surface area contributed by atoms with E-state index < -0.39 is 0 Å². The van der Waals surface area contributed by atoms with Crippen LogP contribution in [0.3, 0.4) is 0 Å². The number of rotatable bonds is 3. The fourth-order valence-corrected chi connectivity index (χ4v) is 1.66. The van der Waals surface area contributed by atoms with Crippen molar-refractivity contribution in [2.24, 2.45) is 0 Å². The van der Waals surface area contributed by atoms with Crippen molar-refractivity contribution in [2.45, 2.75) is 0 Å².